The van der Waals surface area contributed by atoms with Gasteiger partial charge in [-0.1, -0.05) is 17.7 Å². The van der Waals surface area contributed by atoms with Crippen molar-refractivity contribution < 1.29 is 23.0 Å². The van der Waals surface area contributed by atoms with Crippen LogP contribution in [0.5, 0.6) is 5.75 Å². The lowest BCUT2D eigenvalue weighted by atomic mass is 10.1. The van der Waals surface area contributed by atoms with Gasteiger partial charge in [0, 0.05) is 28.8 Å². The Morgan fingerprint density at radius 1 is 1.14 bits per heavy atom. The van der Waals surface area contributed by atoms with Crippen LogP contribution in [0.15, 0.2) is 36.4 Å². The van der Waals surface area contributed by atoms with Crippen molar-refractivity contribution >= 4 is 17.6 Å². The van der Waals surface area contributed by atoms with Gasteiger partial charge in [0.25, 0.3) is 0 Å². The number of hydrogen-bond donors (Lipinski definition) is 0. The van der Waals surface area contributed by atoms with Crippen LogP contribution in [0.1, 0.15) is 15.9 Å². The highest BCUT2D eigenvalue weighted by molar-refractivity contribution is 6.31. The molecule has 0 atom stereocenters. The lowest BCUT2D eigenvalue weighted by Crippen LogP contribution is -2.08. The van der Waals surface area contributed by atoms with E-state index in [1.54, 1.807) is 12.1 Å². The number of halogens is 3. The van der Waals surface area contributed by atoms with Crippen molar-refractivity contribution in [1.82, 2.24) is 0 Å². The van der Waals surface area contributed by atoms with Gasteiger partial charge in [0.2, 0.25) is 0 Å². The zero-order chi connectivity index (χ0) is 15.4. The number of benzene rings is 2. The average molecular weight is 313 g/mol. The van der Waals surface area contributed by atoms with Crippen LogP contribution in [0.25, 0.3) is 0 Å². The molecule has 2 rings (SSSR count). The molecule has 0 spiro atoms. The van der Waals surface area contributed by atoms with E-state index in [0.717, 1.165) is 18.2 Å². The Bertz CT molecular complexity index is 654. The van der Waals surface area contributed by atoms with Gasteiger partial charge < -0.3 is 9.47 Å². The van der Waals surface area contributed by atoms with Crippen LogP contribution < -0.4 is 4.74 Å². The third-order valence-electron chi connectivity index (χ3n) is 2.71. The fourth-order valence-corrected chi connectivity index (χ4v) is 1.92. The summed E-state index contributed by atoms with van der Waals surface area (Å²) in [7, 11) is 1.25. The molecular formula is C15H11ClF2O3. The van der Waals surface area contributed by atoms with Crippen LogP contribution in [0, 0.1) is 11.6 Å². The van der Waals surface area contributed by atoms with Crippen molar-refractivity contribution in [3.05, 3.63) is 64.2 Å². The van der Waals surface area contributed by atoms with E-state index in [1.165, 1.54) is 13.2 Å². The van der Waals surface area contributed by atoms with E-state index in [1.807, 2.05) is 0 Å². The first-order valence-electron chi connectivity index (χ1n) is 5.95. The third-order valence-corrected chi connectivity index (χ3v) is 2.94. The van der Waals surface area contributed by atoms with Crippen molar-refractivity contribution in [3.8, 4) is 5.75 Å². The topological polar surface area (TPSA) is 35.5 Å². The van der Waals surface area contributed by atoms with Gasteiger partial charge >= 0.3 is 5.97 Å². The summed E-state index contributed by atoms with van der Waals surface area (Å²) >= 11 is 5.83. The van der Waals surface area contributed by atoms with Crippen molar-refractivity contribution in [1.29, 1.82) is 0 Å². The molecule has 0 aromatic heterocycles. The Morgan fingerprint density at radius 2 is 1.81 bits per heavy atom. The molecule has 0 fully saturated rings. The number of ether oxygens (including phenoxy) is 2. The number of carbonyl (C=O) groups is 1. The third kappa shape index (κ3) is 3.92. The lowest BCUT2D eigenvalue weighted by molar-refractivity contribution is 0.0597. The molecule has 21 heavy (non-hydrogen) atoms. The highest BCUT2D eigenvalue weighted by Gasteiger charge is 2.13. The predicted octanol–water partition coefficient (Wildman–Crippen LogP) is 3.98. The Labute approximate surface area is 125 Å². The molecule has 110 valence electrons. The monoisotopic (exact) mass is 312 g/mol. The summed E-state index contributed by atoms with van der Waals surface area (Å²) in [5.41, 5.74) is 0.734. The summed E-state index contributed by atoms with van der Waals surface area (Å²) in [4.78, 5) is 11.6. The molecule has 0 saturated carbocycles. The van der Waals surface area contributed by atoms with Crippen molar-refractivity contribution in [2.45, 2.75) is 6.61 Å². The van der Waals surface area contributed by atoms with E-state index in [0.29, 0.717) is 10.6 Å². The number of rotatable bonds is 4. The summed E-state index contributed by atoms with van der Waals surface area (Å²) in [6.45, 7) is -0.0511. The Hall–Kier alpha value is -2.14. The fourth-order valence-electron chi connectivity index (χ4n) is 1.75. The summed E-state index contributed by atoms with van der Waals surface area (Å²) in [5, 5.41) is 0.371. The molecule has 0 bridgehead atoms. The highest BCUT2D eigenvalue weighted by Crippen LogP contribution is 2.21. The van der Waals surface area contributed by atoms with Crippen LogP contribution in [0.3, 0.4) is 0 Å². The minimum absolute atomic E-state index is 0.0262. The quantitative estimate of drug-likeness (QED) is 0.801. The number of carbonyl (C=O) groups excluding carboxylic acids is 1. The molecule has 0 aliphatic heterocycles. The van der Waals surface area contributed by atoms with Crippen LogP contribution in [-0.4, -0.2) is 13.1 Å². The van der Waals surface area contributed by atoms with E-state index < -0.39 is 17.6 Å². The summed E-state index contributed by atoms with van der Waals surface area (Å²) in [6, 6.07) is 7.46. The number of methoxy groups -OCH3 is 1. The molecule has 0 N–H and O–H groups in total. The smallest absolute Gasteiger partial charge is 0.338 e. The SMILES string of the molecule is COC(=O)c1cc(Cl)ccc1COc1cc(F)cc(F)c1. The molecule has 0 radical (unpaired) electrons. The summed E-state index contributed by atoms with van der Waals surface area (Å²) in [6.07, 6.45) is 0. The molecule has 0 aliphatic rings. The van der Waals surface area contributed by atoms with E-state index in [4.69, 9.17) is 16.3 Å². The van der Waals surface area contributed by atoms with Crippen molar-refractivity contribution in [2.75, 3.05) is 7.11 Å². The fraction of sp³-hybridized carbons (Fsp3) is 0.133. The Morgan fingerprint density at radius 3 is 2.43 bits per heavy atom. The van der Waals surface area contributed by atoms with Gasteiger partial charge in [0.15, 0.2) is 0 Å². The minimum atomic E-state index is -0.741. The van der Waals surface area contributed by atoms with Gasteiger partial charge in [-0.15, -0.1) is 0 Å². The van der Waals surface area contributed by atoms with Gasteiger partial charge in [0.1, 0.15) is 24.0 Å². The molecule has 0 saturated heterocycles. The Kier molecular flexibility index (Phi) is 4.75. The predicted molar refractivity (Wildman–Crippen MR) is 73.5 cm³/mol. The second-order valence-corrected chi connectivity index (χ2v) is 4.62. The molecule has 3 nitrogen and oxygen atoms in total. The van der Waals surface area contributed by atoms with Gasteiger partial charge in [-0.05, 0) is 12.1 Å². The van der Waals surface area contributed by atoms with Gasteiger partial charge in [-0.25, -0.2) is 13.6 Å². The van der Waals surface area contributed by atoms with Crippen molar-refractivity contribution in [3.63, 3.8) is 0 Å². The number of hydrogen-bond acceptors (Lipinski definition) is 3. The largest absolute Gasteiger partial charge is 0.489 e. The maximum absolute atomic E-state index is 13.1. The van der Waals surface area contributed by atoms with Crippen molar-refractivity contribution in [2.24, 2.45) is 0 Å². The van der Waals surface area contributed by atoms with Crippen LogP contribution in [-0.2, 0) is 11.3 Å². The molecule has 0 amide bonds. The van der Waals surface area contributed by atoms with Gasteiger partial charge in [-0.2, -0.15) is 0 Å². The molecule has 0 unspecified atom stereocenters. The molecular weight excluding hydrogens is 302 g/mol. The second-order valence-electron chi connectivity index (χ2n) is 4.19. The first-order chi connectivity index (χ1) is 9.99. The maximum atomic E-state index is 13.1. The zero-order valence-electron chi connectivity index (χ0n) is 11.0. The number of esters is 1. The van der Waals surface area contributed by atoms with Gasteiger partial charge in [0.05, 0.1) is 12.7 Å². The molecule has 0 heterocycles. The zero-order valence-corrected chi connectivity index (χ0v) is 11.8. The van der Waals surface area contributed by atoms with E-state index in [9.17, 15) is 13.6 Å². The maximum Gasteiger partial charge on any atom is 0.338 e. The van der Waals surface area contributed by atoms with Crippen LogP contribution in [0.2, 0.25) is 5.02 Å². The first kappa shape index (κ1) is 15.3. The summed E-state index contributed by atoms with van der Waals surface area (Å²) < 4.78 is 36.1. The van der Waals surface area contributed by atoms with Crippen LogP contribution >= 0.6 is 11.6 Å². The summed E-state index contributed by atoms with van der Waals surface area (Å²) in [5.74, 6) is -2.02. The van der Waals surface area contributed by atoms with E-state index in [-0.39, 0.29) is 17.9 Å². The second kappa shape index (κ2) is 6.54. The minimum Gasteiger partial charge on any atom is -0.489 e. The highest BCUT2D eigenvalue weighted by atomic mass is 35.5. The Balaban J connectivity index is 2.21. The molecule has 2 aromatic carbocycles. The van der Waals surface area contributed by atoms with Crippen LogP contribution in [0.4, 0.5) is 8.78 Å². The molecule has 2 aromatic rings. The first-order valence-corrected chi connectivity index (χ1v) is 6.33. The van der Waals surface area contributed by atoms with Gasteiger partial charge in [-0.3, -0.25) is 0 Å². The lowest BCUT2D eigenvalue weighted by Gasteiger charge is -2.10. The van der Waals surface area contributed by atoms with E-state index in [2.05, 4.69) is 4.74 Å². The average Bonchev–Trinajstić information content (AvgIpc) is 2.44. The van der Waals surface area contributed by atoms with E-state index >= 15 is 0 Å². The standard InChI is InChI=1S/C15H11ClF2O3/c1-20-15(19)14-4-10(16)3-2-9(14)8-21-13-6-11(17)5-12(18)7-13/h2-7H,8H2,1H3. The normalized spacial score (nSPS) is 10.3. The molecule has 6 heteroatoms. The molecule has 0 aliphatic carbocycles.